The molecular formula is C28H23N2O. The van der Waals surface area contributed by atoms with Crippen molar-refractivity contribution in [3.8, 4) is 11.1 Å². The van der Waals surface area contributed by atoms with Crippen LogP contribution in [0.25, 0.3) is 32.9 Å². The fourth-order valence-electron chi connectivity index (χ4n) is 4.14. The van der Waals surface area contributed by atoms with E-state index in [-0.39, 0.29) is 11.9 Å². The van der Waals surface area contributed by atoms with E-state index in [9.17, 15) is 4.79 Å². The minimum atomic E-state index is -0.340. The lowest BCUT2D eigenvalue weighted by atomic mass is 10.0. The van der Waals surface area contributed by atoms with E-state index >= 15 is 0 Å². The zero-order chi connectivity index (χ0) is 21.2. The summed E-state index contributed by atoms with van der Waals surface area (Å²) in [4.78, 5) is 16.2. The van der Waals surface area contributed by atoms with Crippen molar-refractivity contribution in [2.45, 2.75) is 12.5 Å². The zero-order valence-corrected chi connectivity index (χ0v) is 17.1. The van der Waals surface area contributed by atoms with E-state index in [4.69, 9.17) is 0 Å². The zero-order valence-electron chi connectivity index (χ0n) is 17.1. The van der Waals surface area contributed by atoms with Gasteiger partial charge in [0.1, 0.15) is 0 Å². The van der Waals surface area contributed by atoms with Crippen molar-refractivity contribution in [1.82, 2.24) is 10.3 Å². The number of H-pyrrole nitrogens is 1. The molecule has 1 radical (unpaired) electrons. The molecule has 1 atom stereocenters. The van der Waals surface area contributed by atoms with Crippen LogP contribution in [-0.4, -0.2) is 10.9 Å². The van der Waals surface area contributed by atoms with E-state index in [0.29, 0.717) is 6.42 Å². The maximum absolute atomic E-state index is 12.7. The average molecular weight is 404 g/mol. The van der Waals surface area contributed by atoms with Crippen molar-refractivity contribution >= 4 is 27.7 Å². The second kappa shape index (κ2) is 8.11. The highest BCUT2D eigenvalue weighted by atomic mass is 16.1. The molecule has 0 bridgehead atoms. The number of amides is 1. The van der Waals surface area contributed by atoms with E-state index in [0.717, 1.165) is 33.1 Å². The Hall–Kier alpha value is -3.85. The monoisotopic (exact) mass is 403 g/mol. The third kappa shape index (κ3) is 3.82. The molecule has 1 amide bonds. The first kappa shape index (κ1) is 19.1. The van der Waals surface area contributed by atoms with Crippen LogP contribution in [0.1, 0.15) is 17.2 Å². The van der Waals surface area contributed by atoms with Gasteiger partial charge < -0.3 is 10.3 Å². The molecule has 0 aliphatic rings. The Bertz CT molecular complexity index is 1350. The van der Waals surface area contributed by atoms with Crippen LogP contribution in [0.3, 0.4) is 0 Å². The van der Waals surface area contributed by atoms with Gasteiger partial charge in [-0.15, -0.1) is 0 Å². The predicted molar refractivity (Wildman–Crippen MR) is 128 cm³/mol. The molecule has 3 heteroatoms. The highest BCUT2D eigenvalue weighted by molar-refractivity contribution is 6.08. The molecule has 0 saturated carbocycles. The van der Waals surface area contributed by atoms with Crippen LogP contribution in [0, 0.1) is 6.92 Å². The van der Waals surface area contributed by atoms with E-state index in [1.54, 1.807) is 0 Å². The third-order valence-electron chi connectivity index (χ3n) is 5.71. The van der Waals surface area contributed by atoms with E-state index in [1.165, 1.54) is 10.9 Å². The van der Waals surface area contributed by atoms with Gasteiger partial charge in [-0.05, 0) is 35.2 Å². The Morgan fingerprint density at radius 1 is 0.774 bits per heavy atom. The Kier molecular flexibility index (Phi) is 5.01. The molecule has 3 nitrogen and oxygen atoms in total. The number of para-hydroxylation sites is 2. The summed E-state index contributed by atoms with van der Waals surface area (Å²) in [6.45, 7) is 4.21. The minimum absolute atomic E-state index is 0.0411. The standard InChI is InChI=1S/C28H23N2O/c1-19(23-11-7-12-25-24-10-5-6-13-26(24)30-28(23)25)29-27(31)18-20-14-16-22(17-15-20)21-8-3-2-4-9-21/h2-17,19,30H,1,18H2,(H,29,31). The van der Waals surface area contributed by atoms with E-state index < -0.39 is 0 Å². The number of rotatable bonds is 5. The topological polar surface area (TPSA) is 44.9 Å². The number of hydrogen-bond acceptors (Lipinski definition) is 1. The van der Waals surface area contributed by atoms with Crippen LogP contribution >= 0.6 is 0 Å². The number of nitrogens with one attached hydrogen (secondary N) is 2. The molecule has 0 aliphatic carbocycles. The smallest absolute Gasteiger partial charge is 0.224 e. The lowest BCUT2D eigenvalue weighted by Gasteiger charge is -2.15. The molecule has 0 fully saturated rings. The molecule has 31 heavy (non-hydrogen) atoms. The van der Waals surface area contributed by atoms with Crippen LogP contribution in [0.5, 0.6) is 0 Å². The highest BCUT2D eigenvalue weighted by Gasteiger charge is 2.15. The molecule has 0 spiro atoms. The van der Waals surface area contributed by atoms with Crippen molar-refractivity contribution < 1.29 is 4.79 Å². The normalized spacial score (nSPS) is 12.2. The second-order valence-corrected chi connectivity index (χ2v) is 7.80. The summed E-state index contributed by atoms with van der Waals surface area (Å²) in [5.74, 6) is -0.0411. The molecule has 5 aromatic rings. The summed E-state index contributed by atoms with van der Waals surface area (Å²) in [7, 11) is 0. The number of carbonyl (C=O) groups is 1. The second-order valence-electron chi connectivity index (χ2n) is 7.80. The molecule has 0 saturated heterocycles. The summed E-state index contributed by atoms with van der Waals surface area (Å²) in [5.41, 5.74) is 6.39. The van der Waals surface area contributed by atoms with Gasteiger partial charge in [-0.25, -0.2) is 0 Å². The number of carbonyl (C=O) groups excluding carboxylic acids is 1. The summed E-state index contributed by atoms with van der Waals surface area (Å²) in [6, 6.07) is 32.4. The van der Waals surface area contributed by atoms with Gasteiger partial charge in [-0.3, -0.25) is 4.79 Å². The summed E-state index contributed by atoms with van der Waals surface area (Å²) in [6.07, 6.45) is 0.323. The van der Waals surface area contributed by atoms with Gasteiger partial charge in [0.25, 0.3) is 0 Å². The lowest BCUT2D eigenvalue weighted by Crippen LogP contribution is -2.28. The molecule has 0 aliphatic heterocycles. The summed E-state index contributed by atoms with van der Waals surface area (Å²) < 4.78 is 0. The van der Waals surface area contributed by atoms with Gasteiger partial charge in [0.15, 0.2) is 0 Å². The van der Waals surface area contributed by atoms with Crippen molar-refractivity contribution in [3.05, 3.63) is 115 Å². The highest BCUT2D eigenvalue weighted by Crippen LogP contribution is 2.30. The SMILES string of the molecule is [CH2]C(NC(=O)Cc1ccc(-c2ccccc2)cc1)c1cccc2c1[nH]c1ccccc12. The number of fused-ring (bicyclic) bond motifs is 3. The first-order chi connectivity index (χ1) is 15.2. The Labute approximate surface area is 181 Å². The van der Waals surface area contributed by atoms with Gasteiger partial charge in [0.2, 0.25) is 5.91 Å². The van der Waals surface area contributed by atoms with Crippen LogP contribution in [0.15, 0.2) is 97.1 Å². The van der Waals surface area contributed by atoms with Crippen LogP contribution in [0.2, 0.25) is 0 Å². The van der Waals surface area contributed by atoms with Crippen molar-refractivity contribution in [2.75, 3.05) is 0 Å². The average Bonchev–Trinajstić information content (AvgIpc) is 3.19. The van der Waals surface area contributed by atoms with Gasteiger partial charge >= 0.3 is 0 Å². The minimum Gasteiger partial charge on any atom is -0.354 e. The molecule has 2 N–H and O–H groups in total. The van der Waals surface area contributed by atoms with Gasteiger partial charge in [0.05, 0.1) is 18.0 Å². The number of aromatic amines is 1. The van der Waals surface area contributed by atoms with Gasteiger partial charge in [0, 0.05) is 16.3 Å². The number of benzene rings is 4. The van der Waals surface area contributed by atoms with Crippen molar-refractivity contribution in [2.24, 2.45) is 0 Å². The number of hydrogen-bond donors (Lipinski definition) is 2. The Morgan fingerprint density at radius 3 is 2.26 bits per heavy atom. The summed E-state index contributed by atoms with van der Waals surface area (Å²) >= 11 is 0. The fourth-order valence-corrected chi connectivity index (χ4v) is 4.14. The van der Waals surface area contributed by atoms with Crippen LogP contribution in [-0.2, 0) is 11.2 Å². The Morgan fingerprint density at radius 2 is 1.45 bits per heavy atom. The maximum Gasteiger partial charge on any atom is 0.224 e. The quantitative estimate of drug-likeness (QED) is 0.359. The predicted octanol–water partition coefficient (Wildman–Crippen LogP) is 6.22. The van der Waals surface area contributed by atoms with Crippen LogP contribution in [0.4, 0.5) is 0 Å². The number of aromatic nitrogens is 1. The first-order valence-electron chi connectivity index (χ1n) is 10.5. The molecule has 1 aromatic heterocycles. The first-order valence-corrected chi connectivity index (χ1v) is 10.5. The molecular weight excluding hydrogens is 380 g/mol. The Balaban J connectivity index is 1.32. The van der Waals surface area contributed by atoms with E-state index in [2.05, 4.69) is 59.7 Å². The lowest BCUT2D eigenvalue weighted by molar-refractivity contribution is -0.120. The fraction of sp³-hybridized carbons (Fsp3) is 0.0714. The molecule has 4 aromatic carbocycles. The molecule has 1 unspecified atom stereocenters. The van der Waals surface area contributed by atoms with E-state index in [1.807, 2.05) is 54.6 Å². The largest absolute Gasteiger partial charge is 0.354 e. The third-order valence-corrected chi connectivity index (χ3v) is 5.71. The molecule has 5 rings (SSSR count). The van der Waals surface area contributed by atoms with Gasteiger partial charge in [-0.2, -0.15) is 0 Å². The van der Waals surface area contributed by atoms with Crippen molar-refractivity contribution in [1.29, 1.82) is 0 Å². The molecule has 151 valence electrons. The summed E-state index contributed by atoms with van der Waals surface area (Å²) in [5, 5.41) is 5.38. The maximum atomic E-state index is 12.7. The molecule has 1 heterocycles. The van der Waals surface area contributed by atoms with Crippen molar-refractivity contribution in [3.63, 3.8) is 0 Å². The van der Waals surface area contributed by atoms with Crippen LogP contribution < -0.4 is 5.32 Å². The van der Waals surface area contributed by atoms with Gasteiger partial charge in [-0.1, -0.05) is 91.0 Å².